The molecule has 3 atom stereocenters. The number of nitriles is 1. The standard InChI is InChI=1S/C28H23BrN8O3/c1-15(38)26-20-10-16(18-12-31-24(11-30)32-13-18)6-8-21(20)36(35-26)14-25(39)37-19-7-5-17(9-19)27(37)28(40)34-23-4-2-3-22(29)33-23/h2-4,6,8,10,12-13,17,19,27H,5,7,9,14H2,1H3,(H,33,34,40)/t17-,19+,27-/m0/s1. The van der Waals surface area contributed by atoms with E-state index in [1.807, 2.05) is 18.2 Å². The summed E-state index contributed by atoms with van der Waals surface area (Å²) in [4.78, 5) is 53.6. The van der Waals surface area contributed by atoms with Gasteiger partial charge in [-0.3, -0.25) is 19.1 Å². The van der Waals surface area contributed by atoms with Crippen molar-refractivity contribution >= 4 is 50.2 Å². The van der Waals surface area contributed by atoms with Crippen LogP contribution in [0.4, 0.5) is 5.82 Å². The Balaban J connectivity index is 1.28. The van der Waals surface area contributed by atoms with E-state index in [0.29, 0.717) is 26.9 Å². The lowest BCUT2D eigenvalue weighted by molar-refractivity contribution is -0.141. The zero-order chi connectivity index (χ0) is 28.0. The summed E-state index contributed by atoms with van der Waals surface area (Å²) in [5, 5.41) is 16.9. The van der Waals surface area contributed by atoms with Gasteiger partial charge in [0.1, 0.15) is 34.8 Å². The fourth-order valence-electron chi connectivity index (χ4n) is 5.85. The van der Waals surface area contributed by atoms with E-state index in [1.165, 1.54) is 11.6 Å². The summed E-state index contributed by atoms with van der Waals surface area (Å²) in [5.41, 5.74) is 2.30. The average molecular weight is 599 g/mol. The number of rotatable bonds is 6. The number of anilines is 1. The topological polar surface area (TPSA) is 147 Å². The van der Waals surface area contributed by atoms with Gasteiger partial charge in [-0.05, 0) is 70.9 Å². The first kappa shape index (κ1) is 25.8. The minimum absolute atomic E-state index is 0.0131. The lowest BCUT2D eigenvalue weighted by atomic mass is 9.97. The number of likely N-dealkylation sites (tertiary alicyclic amines) is 1. The number of benzene rings is 1. The van der Waals surface area contributed by atoms with Crippen LogP contribution in [0.1, 0.15) is 42.5 Å². The number of fused-ring (bicyclic) bond motifs is 3. The third-order valence-electron chi connectivity index (χ3n) is 7.56. The number of amides is 2. The molecule has 6 rings (SSSR count). The molecule has 1 aromatic carbocycles. The van der Waals surface area contributed by atoms with E-state index in [2.05, 4.69) is 41.3 Å². The van der Waals surface area contributed by atoms with Gasteiger partial charge in [-0.25, -0.2) is 15.0 Å². The molecule has 11 nitrogen and oxygen atoms in total. The highest BCUT2D eigenvalue weighted by molar-refractivity contribution is 9.10. The number of nitrogens with one attached hydrogen (secondary N) is 1. The second-order valence-corrected chi connectivity index (χ2v) is 10.8. The molecular formula is C28H23BrN8O3. The van der Waals surface area contributed by atoms with Crippen molar-refractivity contribution in [2.24, 2.45) is 5.92 Å². The van der Waals surface area contributed by atoms with Gasteiger partial charge in [0, 0.05) is 36.3 Å². The highest BCUT2D eigenvalue weighted by atomic mass is 79.9. The molecule has 4 heterocycles. The zero-order valence-electron chi connectivity index (χ0n) is 21.4. The molecule has 4 aromatic rings. The number of aromatic nitrogens is 5. The molecule has 0 radical (unpaired) electrons. The minimum atomic E-state index is -0.593. The normalized spacial score (nSPS) is 19.5. The van der Waals surface area contributed by atoms with Crippen LogP contribution in [0, 0.1) is 17.2 Å². The number of carbonyl (C=O) groups excluding carboxylic acids is 3. The second-order valence-electron chi connectivity index (χ2n) is 10.0. The highest BCUT2D eigenvalue weighted by Crippen LogP contribution is 2.43. The third kappa shape index (κ3) is 4.62. The number of Topliss-reactive ketones (excluding diaryl/α,β-unsaturated/α-hetero) is 1. The molecule has 1 N–H and O–H groups in total. The van der Waals surface area contributed by atoms with Crippen LogP contribution < -0.4 is 5.32 Å². The fourth-order valence-corrected chi connectivity index (χ4v) is 6.19. The van der Waals surface area contributed by atoms with Crippen LogP contribution in [0.5, 0.6) is 0 Å². The maximum Gasteiger partial charge on any atom is 0.248 e. The summed E-state index contributed by atoms with van der Waals surface area (Å²) in [6, 6.07) is 12.0. The maximum absolute atomic E-state index is 13.7. The first-order valence-corrected chi connectivity index (χ1v) is 13.6. The van der Waals surface area contributed by atoms with E-state index in [-0.39, 0.29) is 47.6 Å². The molecule has 40 heavy (non-hydrogen) atoms. The van der Waals surface area contributed by atoms with Crippen LogP contribution >= 0.6 is 15.9 Å². The summed E-state index contributed by atoms with van der Waals surface area (Å²) in [7, 11) is 0. The van der Waals surface area contributed by atoms with Crippen molar-refractivity contribution < 1.29 is 14.4 Å². The van der Waals surface area contributed by atoms with Gasteiger partial charge in [0.15, 0.2) is 5.78 Å². The Morgan fingerprint density at radius 1 is 1.12 bits per heavy atom. The molecular weight excluding hydrogens is 576 g/mol. The Kier molecular flexibility index (Phi) is 6.59. The van der Waals surface area contributed by atoms with Crippen LogP contribution in [0.2, 0.25) is 0 Å². The molecule has 200 valence electrons. The summed E-state index contributed by atoms with van der Waals surface area (Å²) in [6.45, 7) is 1.33. The number of pyridine rings is 1. The molecule has 1 saturated carbocycles. The third-order valence-corrected chi connectivity index (χ3v) is 8.00. The summed E-state index contributed by atoms with van der Waals surface area (Å²) in [6.07, 6.45) is 5.62. The van der Waals surface area contributed by atoms with Crippen LogP contribution in [0.25, 0.3) is 22.0 Å². The number of carbonyl (C=O) groups is 3. The molecule has 1 aliphatic carbocycles. The van der Waals surface area contributed by atoms with E-state index >= 15 is 0 Å². The van der Waals surface area contributed by atoms with Crippen molar-refractivity contribution in [2.75, 3.05) is 5.32 Å². The van der Waals surface area contributed by atoms with Gasteiger partial charge >= 0.3 is 0 Å². The van der Waals surface area contributed by atoms with E-state index in [9.17, 15) is 14.4 Å². The Bertz CT molecular complexity index is 1710. The number of hydrogen-bond acceptors (Lipinski definition) is 8. The van der Waals surface area contributed by atoms with Crippen LogP contribution in [0.15, 0.2) is 53.4 Å². The number of ketones is 1. The molecule has 1 saturated heterocycles. The average Bonchev–Trinajstić information content (AvgIpc) is 3.66. The summed E-state index contributed by atoms with van der Waals surface area (Å²) >= 11 is 3.32. The first-order valence-electron chi connectivity index (χ1n) is 12.8. The van der Waals surface area contributed by atoms with Crippen LogP contribution in [-0.4, -0.2) is 59.3 Å². The predicted molar refractivity (Wildman–Crippen MR) is 148 cm³/mol. The maximum atomic E-state index is 13.7. The molecule has 0 unspecified atom stereocenters. The quantitative estimate of drug-likeness (QED) is 0.261. The van der Waals surface area contributed by atoms with Gasteiger partial charge in [-0.2, -0.15) is 10.4 Å². The molecule has 2 bridgehead atoms. The molecule has 0 spiro atoms. The van der Waals surface area contributed by atoms with Crippen molar-refractivity contribution in [1.82, 2.24) is 29.6 Å². The molecule has 1 aliphatic heterocycles. The van der Waals surface area contributed by atoms with Crippen molar-refractivity contribution in [3.8, 4) is 17.2 Å². The molecule has 3 aromatic heterocycles. The SMILES string of the molecule is CC(=O)c1nn(CC(=O)N2[C@@H]3CC[C@@H](C3)[C@H]2C(=O)Nc2cccc(Br)n2)c2ccc(-c3cnc(C#N)nc3)cc12. The fraction of sp³-hybridized carbons (Fsp3) is 0.286. The Morgan fingerprint density at radius 3 is 2.65 bits per heavy atom. The van der Waals surface area contributed by atoms with Gasteiger partial charge in [-0.1, -0.05) is 12.1 Å². The van der Waals surface area contributed by atoms with E-state index in [4.69, 9.17) is 5.26 Å². The van der Waals surface area contributed by atoms with Crippen molar-refractivity contribution in [1.29, 1.82) is 5.26 Å². The van der Waals surface area contributed by atoms with Crippen molar-refractivity contribution in [3.63, 3.8) is 0 Å². The lowest BCUT2D eigenvalue weighted by Gasteiger charge is -2.34. The zero-order valence-corrected chi connectivity index (χ0v) is 23.0. The van der Waals surface area contributed by atoms with Crippen molar-refractivity contribution in [2.45, 2.75) is 44.8 Å². The molecule has 2 fully saturated rings. The molecule has 12 heteroatoms. The number of halogens is 1. The largest absolute Gasteiger partial charge is 0.326 e. The number of piperidine rings is 1. The van der Waals surface area contributed by atoms with Gasteiger partial charge in [0.25, 0.3) is 0 Å². The van der Waals surface area contributed by atoms with Crippen LogP contribution in [0.3, 0.4) is 0 Å². The second kappa shape index (κ2) is 10.2. The van der Waals surface area contributed by atoms with E-state index in [1.54, 1.807) is 41.6 Å². The minimum Gasteiger partial charge on any atom is -0.326 e. The van der Waals surface area contributed by atoms with Gasteiger partial charge in [0.2, 0.25) is 17.6 Å². The van der Waals surface area contributed by atoms with Gasteiger partial charge in [-0.15, -0.1) is 0 Å². The predicted octanol–water partition coefficient (Wildman–Crippen LogP) is 3.74. The van der Waals surface area contributed by atoms with Crippen molar-refractivity contribution in [3.05, 3.63) is 64.9 Å². The number of hydrogen-bond donors (Lipinski definition) is 1. The van der Waals surface area contributed by atoms with Gasteiger partial charge < -0.3 is 10.2 Å². The number of nitrogens with zero attached hydrogens (tertiary/aromatic N) is 7. The lowest BCUT2D eigenvalue weighted by Crippen LogP contribution is -2.52. The monoisotopic (exact) mass is 598 g/mol. The van der Waals surface area contributed by atoms with E-state index < -0.39 is 6.04 Å². The van der Waals surface area contributed by atoms with E-state index in [0.717, 1.165) is 24.8 Å². The first-order chi connectivity index (χ1) is 19.3. The Labute approximate surface area is 237 Å². The molecule has 2 aliphatic rings. The highest BCUT2D eigenvalue weighted by Gasteiger charge is 2.51. The van der Waals surface area contributed by atoms with Crippen LogP contribution in [-0.2, 0) is 16.1 Å². The summed E-state index contributed by atoms with van der Waals surface area (Å²) < 4.78 is 2.14. The Morgan fingerprint density at radius 2 is 1.93 bits per heavy atom. The van der Waals surface area contributed by atoms with Gasteiger partial charge in [0.05, 0.1) is 5.52 Å². The summed E-state index contributed by atoms with van der Waals surface area (Å²) in [5.74, 6) is -0.143. The molecule has 2 amide bonds. The Hall–Kier alpha value is -4.50. The smallest absolute Gasteiger partial charge is 0.248 e.